The lowest BCUT2D eigenvalue weighted by Crippen LogP contribution is -2.60. The average molecular weight is 286 g/mol. The summed E-state index contributed by atoms with van der Waals surface area (Å²) in [7, 11) is 0. The second-order valence-electron chi connectivity index (χ2n) is 5.48. The van der Waals surface area contributed by atoms with Gasteiger partial charge in [-0.1, -0.05) is 26.2 Å². The normalized spacial score (nSPS) is 30.3. The molecule has 5 nitrogen and oxygen atoms in total. The molecule has 2 atom stereocenters. The van der Waals surface area contributed by atoms with E-state index < -0.39 is 17.6 Å². The molecule has 1 saturated carbocycles. The largest absolute Gasteiger partial charge is 0.480 e. The lowest BCUT2D eigenvalue weighted by atomic mass is 9.81. The Morgan fingerprint density at radius 1 is 1.37 bits per heavy atom. The monoisotopic (exact) mass is 286 g/mol. The van der Waals surface area contributed by atoms with Gasteiger partial charge in [0.25, 0.3) is 0 Å². The molecule has 1 aliphatic heterocycles. The highest BCUT2D eigenvalue weighted by Gasteiger charge is 2.47. The zero-order chi connectivity index (χ0) is 14.0. The lowest BCUT2D eigenvalue weighted by Gasteiger charge is -2.38. The molecule has 2 rings (SSSR count). The summed E-state index contributed by atoms with van der Waals surface area (Å²) < 4.78 is 0. The van der Waals surface area contributed by atoms with Crippen molar-refractivity contribution >= 4 is 23.6 Å². The lowest BCUT2D eigenvalue weighted by molar-refractivity contribution is -0.152. The van der Waals surface area contributed by atoms with Crippen LogP contribution in [-0.2, 0) is 9.59 Å². The molecular weight excluding hydrogens is 264 g/mol. The van der Waals surface area contributed by atoms with E-state index in [9.17, 15) is 14.7 Å². The van der Waals surface area contributed by atoms with Gasteiger partial charge in [-0.3, -0.25) is 4.79 Å². The van der Waals surface area contributed by atoms with E-state index >= 15 is 0 Å². The van der Waals surface area contributed by atoms with Crippen LogP contribution >= 0.6 is 11.8 Å². The number of aliphatic carboxylic acids is 1. The third kappa shape index (κ3) is 2.74. The molecule has 2 unspecified atom stereocenters. The summed E-state index contributed by atoms with van der Waals surface area (Å²) >= 11 is 1.55. The molecule has 3 N–H and O–H groups in total. The first-order valence-corrected chi connectivity index (χ1v) is 8.00. The summed E-state index contributed by atoms with van der Waals surface area (Å²) in [6, 6.07) is -0.718. The highest BCUT2D eigenvalue weighted by atomic mass is 32.2. The summed E-state index contributed by atoms with van der Waals surface area (Å²) in [5.41, 5.74) is 5.43. The van der Waals surface area contributed by atoms with Crippen LogP contribution in [-0.4, -0.2) is 44.6 Å². The van der Waals surface area contributed by atoms with E-state index in [2.05, 4.69) is 0 Å². The van der Waals surface area contributed by atoms with Crippen LogP contribution in [0.1, 0.15) is 45.4 Å². The third-order valence-corrected chi connectivity index (χ3v) is 5.59. The van der Waals surface area contributed by atoms with Crippen molar-refractivity contribution in [2.45, 2.75) is 62.4 Å². The predicted octanol–water partition coefficient (Wildman–Crippen LogP) is 1.41. The Kier molecular flexibility index (Phi) is 4.40. The van der Waals surface area contributed by atoms with E-state index in [1.165, 1.54) is 4.90 Å². The van der Waals surface area contributed by atoms with Crippen molar-refractivity contribution in [1.29, 1.82) is 0 Å². The highest BCUT2D eigenvalue weighted by Crippen LogP contribution is 2.36. The number of carboxylic acids is 1. The maximum Gasteiger partial charge on any atom is 0.327 e. The van der Waals surface area contributed by atoms with Crippen molar-refractivity contribution in [3.63, 3.8) is 0 Å². The molecule has 0 aromatic carbocycles. The van der Waals surface area contributed by atoms with Gasteiger partial charge in [0.05, 0.1) is 10.9 Å². The van der Waals surface area contributed by atoms with E-state index in [0.29, 0.717) is 18.6 Å². The highest BCUT2D eigenvalue weighted by molar-refractivity contribution is 8.00. The summed E-state index contributed by atoms with van der Waals surface area (Å²) in [5, 5.41) is 9.23. The van der Waals surface area contributed by atoms with Gasteiger partial charge in [0.15, 0.2) is 0 Å². The van der Waals surface area contributed by atoms with Crippen LogP contribution in [0.2, 0.25) is 0 Å². The molecule has 0 aromatic rings. The molecule has 6 heteroatoms. The van der Waals surface area contributed by atoms with Crippen LogP contribution in [0.5, 0.6) is 0 Å². The number of hydrogen-bond acceptors (Lipinski definition) is 4. The van der Waals surface area contributed by atoms with Crippen LogP contribution in [0.25, 0.3) is 0 Å². The van der Waals surface area contributed by atoms with Crippen molar-refractivity contribution in [1.82, 2.24) is 4.90 Å². The van der Waals surface area contributed by atoms with E-state index in [0.717, 1.165) is 25.7 Å². The number of carbonyl (C=O) groups excluding carboxylic acids is 1. The van der Waals surface area contributed by atoms with Gasteiger partial charge in [0, 0.05) is 5.75 Å². The SMILES string of the molecule is CCC1SCC(C(=O)O)N1C(=O)C1(N)CCCCC1. The minimum atomic E-state index is -0.920. The predicted molar refractivity (Wildman–Crippen MR) is 74.8 cm³/mol. The van der Waals surface area contributed by atoms with Gasteiger partial charge >= 0.3 is 5.97 Å². The number of carboxylic acid groups (broad SMARTS) is 1. The summed E-state index contributed by atoms with van der Waals surface area (Å²) in [4.78, 5) is 25.6. The second-order valence-corrected chi connectivity index (χ2v) is 6.69. The van der Waals surface area contributed by atoms with Gasteiger partial charge in [-0.2, -0.15) is 0 Å². The Morgan fingerprint density at radius 3 is 2.53 bits per heavy atom. The van der Waals surface area contributed by atoms with Gasteiger partial charge in [-0.15, -0.1) is 11.8 Å². The minimum absolute atomic E-state index is 0.0454. The number of rotatable bonds is 3. The van der Waals surface area contributed by atoms with Crippen LogP contribution in [0.3, 0.4) is 0 Å². The quantitative estimate of drug-likeness (QED) is 0.819. The Hall–Kier alpha value is -0.750. The molecule has 108 valence electrons. The van der Waals surface area contributed by atoms with E-state index in [-0.39, 0.29) is 11.3 Å². The molecule has 0 radical (unpaired) electrons. The van der Waals surface area contributed by atoms with E-state index in [1.54, 1.807) is 11.8 Å². The number of thioether (sulfide) groups is 1. The maximum atomic E-state index is 12.7. The topological polar surface area (TPSA) is 83.6 Å². The van der Waals surface area contributed by atoms with E-state index in [4.69, 9.17) is 5.73 Å². The van der Waals surface area contributed by atoms with Crippen LogP contribution < -0.4 is 5.73 Å². The molecule has 0 spiro atoms. The number of carbonyl (C=O) groups is 2. The fourth-order valence-corrected chi connectivity index (χ4v) is 4.34. The zero-order valence-corrected chi connectivity index (χ0v) is 12.1. The van der Waals surface area contributed by atoms with Gasteiger partial charge in [-0.25, -0.2) is 4.79 Å². The van der Waals surface area contributed by atoms with E-state index in [1.807, 2.05) is 6.92 Å². The molecule has 2 fully saturated rings. The first-order valence-electron chi connectivity index (χ1n) is 6.95. The molecule has 1 aliphatic carbocycles. The van der Waals surface area contributed by atoms with Crippen molar-refractivity contribution in [3.05, 3.63) is 0 Å². The average Bonchev–Trinajstić information content (AvgIpc) is 2.82. The van der Waals surface area contributed by atoms with Crippen molar-refractivity contribution in [2.24, 2.45) is 5.73 Å². The first kappa shape index (κ1) is 14.7. The van der Waals surface area contributed by atoms with Crippen LogP contribution in [0, 0.1) is 0 Å². The van der Waals surface area contributed by atoms with Gasteiger partial charge in [0.1, 0.15) is 6.04 Å². The summed E-state index contributed by atoms with van der Waals surface area (Å²) in [5.74, 6) is -0.608. The van der Waals surface area contributed by atoms with Crippen molar-refractivity contribution in [3.8, 4) is 0 Å². The van der Waals surface area contributed by atoms with Crippen molar-refractivity contribution < 1.29 is 14.7 Å². The molecular formula is C13H22N2O3S. The fraction of sp³-hybridized carbons (Fsp3) is 0.846. The number of nitrogens with zero attached hydrogens (tertiary/aromatic N) is 1. The van der Waals surface area contributed by atoms with Gasteiger partial charge < -0.3 is 15.7 Å². The maximum absolute atomic E-state index is 12.7. The molecule has 1 amide bonds. The Morgan fingerprint density at radius 2 is 2.00 bits per heavy atom. The smallest absolute Gasteiger partial charge is 0.327 e. The molecule has 1 heterocycles. The number of nitrogens with two attached hydrogens (primary N) is 1. The minimum Gasteiger partial charge on any atom is -0.480 e. The van der Waals surface area contributed by atoms with Crippen LogP contribution in [0.15, 0.2) is 0 Å². The Bertz CT molecular complexity index is 369. The zero-order valence-electron chi connectivity index (χ0n) is 11.3. The second kappa shape index (κ2) is 5.71. The third-order valence-electron chi connectivity index (χ3n) is 4.13. The summed E-state index contributed by atoms with van der Waals surface area (Å²) in [6.07, 6.45) is 5.14. The first-order chi connectivity index (χ1) is 8.99. The van der Waals surface area contributed by atoms with Gasteiger partial charge in [-0.05, 0) is 19.3 Å². The van der Waals surface area contributed by atoms with Crippen molar-refractivity contribution in [2.75, 3.05) is 5.75 Å². The molecule has 0 aromatic heterocycles. The standard InChI is InChI=1S/C13H22N2O3S/c1-2-10-15(9(8-19-10)11(16)17)12(18)13(14)6-4-3-5-7-13/h9-10H,2-8,14H2,1H3,(H,16,17). The molecule has 1 saturated heterocycles. The number of amides is 1. The van der Waals surface area contributed by atoms with Crippen LogP contribution in [0.4, 0.5) is 0 Å². The fourth-order valence-electron chi connectivity index (χ4n) is 2.99. The molecule has 2 aliphatic rings. The molecule has 0 bridgehead atoms. The Balaban J connectivity index is 2.20. The summed E-state index contributed by atoms with van der Waals surface area (Å²) in [6.45, 7) is 1.98. The Labute approximate surface area is 117 Å². The molecule has 19 heavy (non-hydrogen) atoms. The number of hydrogen-bond donors (Lipinski definition) is 2. The van der Waals surface area contributed by atoms with Gasteiger partial charge in [0.2, 0.25) is 5.91 Å².